The first-order chi connectivity index (χ1) is 12.4. The molecule has 2 aromatic rings. The summed E-state index contributed by atoms with van der Waals surface area (Å²) in [7, 11) is 0. The van der Waals surface area contributed by atoms with Crippen LogP contribution in [0, 0.1) is 0 Å². The van der Waals surface area contributed by atoms with Crippen molar-refractivity contribution in [2.24, 2.45) is 5.73 Å². The van der Waals surface area contributed by atoms with Crippen LogP contribution in [0.15, 0.2) is 21.2 Å². The lowest BCUT2D eigenvalue weighted by Crippen LogP contribution is -2.36. The van der Waals surface area contributed by atoms with Crippen molar-refractivity contribution in [3.8, 4) is 0 Å². The zero-order valence-electron chi connectivity index (χ0n) is 13.8. The van der Waals surface area contributed by atoms with Gasteiger partial charge in [-0.05, 0) is 47.0 Å². The molecule has 0 bridgehead atoms. The summed E-state index contributed by atoms with van der Waals surface area (Å²) in [6, 6.07) is 3.11. The van der Waals surface area contributed by atoms with E-state index in [1.165, 1.54) is 17.4 Å². The predicted molar refractivity (Wildman–Crippen MR) is 98.3 cm³/mol. The first-order valence-corrected chi connectivity index (χ1v) is 9.44. The number of fused-ring (bicyclic) bond motifs is 1. The van der Waals surface area contributed by atoms with E-state index in [2.05, 4.69) is 21.2 Å². The lowest BCUT2D eigenvalue weighted by Gasteiger charge is -2.26. The Kier molecular flexibility index (Phi) is 5.33. The molecule has 3 heterocycles. The quantitative estimate of drug-likeness (QED) is 0.756. The number of ether oxygens (including phenoxy) is 1. The van der Waals surface area contributed by atoms with Crippen molar-refractivity contribution in [1.82, 2.24) is 4.90 Å². The van der Waals surface area contributed by atoms with Crippen LogP contribution < -0.4 is 11.1 Å². The molecule has 2 aromatic heterocycles. The van der Waals surface area contributed by atoms with Crippen molar-refractivity contribution < 1.29 is 23.5 Å². The number of carbonyl (C=O) groups is 3. The number of thiophene rings is 1. The van der Waals surface area contributed by atoms with Crippen LogP contribution in [0.3, 0.4) is 0 Å². The number of nitrogens with one attached hydrogen (secondary N) is 1. The van der Waals surface area contributed by atoms with Crippen molar-refractivity contribution in [3.63, 3.8) is 0 Å². The highest BCUT2D eigenvalue weighted by molar-refractivity contribution is 9.10. The van der Waals surface area contributed by atoms with Crippen LogP contribution in [-0.4, -0.2) is 36.0 Å². The minimum absolute atomic E-state index is 0.104. The third kappa shape index (κ3) is 3.61. The second kappa shape index (κ2) is 7.50. The Hall–Kier alpha value is -2.33. The first kappa shape index (κ1) is 18.5. The van der Waals surface area contributed by atoms with Crippen LogP contribution in [0.2, 0.25) is 0 Å². The monoisotopic (exact) mass is 441 g/mol. The fourth-order valence-electron chi connectivity index (χ4n) is 2.72. The van der Waals surface area contributed by atoms with Crippen LogP contribution in [-0.2, 0) is 17.7 Å². The fraction of sp³-hybridized carbons (Fsp3) is 0.312. The Bertz CT molecular complexity index is 875. The van der Waals surface area contributed by atoms with Gasteiger partial charge in [-0.2, -0.15) is 0 Å². The number of carbonyl (C=O) groups excluding carboxylic acids is 3. The summed E-state index contributed by atoms with van der Waals surface area (Å²) in [4.78, 5) is 38.5. The van der Waals surface area contributed by atoms with Crippen LogP contribution in [0.4, 0.5) is 9.80 Å². The number of nitrogens with two attached hydrogens (primary N) is 1. The number of nitrogens with zero attached hydrogens (tertiary/aromatic N) is 1. The maximum atomic E-state index is 12.3. The van der Waals surface area contributed by atoms with Gasteiger partial charge in [-0.25, -0.2) is 4.79 Å². The van der Waals surface area contributed by atoms with Crippen LogP contribution in [0.25, 0.3) is 0 Å². The molecule has 3 amide bonds. The van der Waals surface area contributed by atoms with Gasteiger partial charge in [0.1, 0.15) is 5.00 Å². The van der Waals surface area contributed by atoms with Crippen molar-refractivity contribution in [2.75, 3.05) is 18.5 Å². The Morgan fingerprint density at radius 3 is 2.81 bits per heavy atom. The van der Waals surface area contributed by atoms with E-state index in [4.69, 9.17) is 14.9 Å². The number of hydrogen-bond acceptors (Lipinski definition) is 6. The van der Waals surface area contributed by atoms with Gasteiger partial charge in [0.15, 0.2) is 10.4 Å². The lowest BCUT2D eigenvalue weighted by molar-refractivity contribution is 0.0993. The highest BCUT2D eigenvalue weighted by atomic mass is 79.9. The Labute approximate surface area is 161 Å². The normalized spacial score (nSPS) is 13.2. The van der Waals surface area contributed by atoms with Gasteiger partial charge in [0.2, 0.25) is 0 Å². The molecule has 0 aliphatic carbocycles. The topological polar surface area (TPSA) is 115 Å². The van der Waals surface area contributed by atoms with Gasteiger partial charge in [0.05, 0.1) is 18.7 Å². The molecule has 0 fully saturated rings. The van der Waals surface area contributed by atoms with E-state index in [1.54, 1.807) is 17.9 Å². The third-order valence-electron chi connectivity index (χ3n) is 3.85. The minimum Gasteiger partial charge on any atom is -0.450 e. The molecular weight excluding hydrogens is 426 g/mol. The summed E-state index contributed by atoms with van der Waals surface area (Å²) in [6.45, 7) is 2.76. The maximum absolute atomic E-state index is 12.3. The Balaban J connectivity index is 1.87. The van der Waals surface area contributed by atoms with Gasteiger partial charge in [-0.1, -0.05) is 0 Å². The molecule has 3 N–H and O–H groups in total. The number of halogens is 1. The summed E-state index contributed by atoms with van der Waals surface area (Å²) in [6.07, 6.45) is 0.0589. The number of amides is 3. The summed E-state index contributed by atoms with van der Waals surface area (Å²) in [5.74, 6) is -1.01. The SMILES string of the molecule is CCOC(=O)N1CCc2c(sc(NC(=O)c3ccc(Br)o3)c2C(N)=O)C1. The average Bonchev–Trinajstić information content (AvgIpc) is 3.17. The van der Waals surface area contributed by atoms with Gasteiger partial charge in [0, 0.05) is 11.4 Å². The summed E-state index contributed by atoms with van der Waals surface area (Å²) >= 11 is 4.36. The summed E-state index contributed by atoms with van der Waals surface area (Å²) in [5.41, 5.74) is 6.57. The van der Waals surface area contributed by atoms with Crippen molar-refractivity contribution in [1.29, 1.82) is 0 Å². The van der Waals surface area contributed by atoms with Crippen LogP contribution in [0.5, 0.6) is 0 Å². The zero-order chi connectivity index (χ0) is 18.8. The van der Waals surface area contributed by atoms with Gasteiger partial charge < -0.3 is 25.1 Å². The summed E-state index contributed by atoms with van der Waals surface area (Å²) < 4.78 is 10.7. The van der Waals surface area contributed by atoms with Gasteiger partial charge in [0.25, 0.3) is 11.8 Å². The lowest BCUT2D eigenvalue weighted by atomic mass is 10.0. The maximum Gasteiger partial charge on any atom is 0.410 e. The van der Waals surface area contributed by atoms with Gasteiger partial charge >= 0.3 is 6.09 Å². The van der Waals surface area contributed by atoms with Crippen molar-refractivity contribution in [3.05, 3.63) is 38.6 Å². The Morgan fingerprint density at radius 1 is 1.42 bits per heavy atom. The number of furan rings is 1. The highest BCUT2D eigenvalue weighted by Gasteiger charge is 2.30. The molecule has 0 unspecified atom stereocenters. The van der Waals surface area contributed by atoms with Crippen LogP contribution in [0.1, 0.15) is 38.3 Å². The van der Waals surface area contributed by atoms with E-state index in [9.17, 15) is 14.4 Å². The van der Waals surface area contributed by atoms with Gasteiger partial charge in [-0.3, -0.25) is 9.59 Å². The average molecular weight is 442 g/mol. The van der Waals surface area contributed by atoms with Crippen molar-refractivity contribution in [2.45, 2.75) is 19.9 Å². The molecule has 3 rings (SSSR count). The molecule has 10 heteroatoms. The van der Waals surface area contributed by atoms with E-state index < -0.39 is 17.9 Å². The molecule has 1 aliphatic rings. The zero-order valence-corrected chi connectivity index (χ0v) is 16.2. The van der Waals surface area contributed by atoms with E-state index in [0.717, 1.165) is 10.4 Å². The molecular formula is C16H16BrN3O5S. The number of rotatable bonds is 4. The largest absolute Gasteiger partial charge is 0.450 e. The molecule has 1 aliphatic heterocycles. The second-order valence-corrected chi connectivity index (χ2v) is 7.39. The molecule has 0 radical (unpaired) electrons. The molecule has 8 nitrogen and oxygen atoms in total. The predicted octanol–water partition coefficient (Wildman–Crippen LogP) is 2.97. The minimum atomic E-state index is -0.622. The fourth-order valence-corrected chi connectivity index (χ4v) is 4.29. The molecule has 0 saturated carbocycles. The highest BCUT2D eigenvalue weighted by Crippen LogP contribution is 2.37. The molecule has 0 aromatic carbocycles. The van der Waals surface area contributed by atoms with E-state index in [-0.39, 0.29) is 11.3 Å². The molecule has 0 saturated heterocycles. The molecule has 0 spiro atoms. The summed E-state index contributed by atoms with van der Waals surface area (Å²) in [5, 5.41) is 3.03. The first-order valence-electron chi connectivity index (χ1n) is 7.83. The van der Waals surface area contributed by atoms with E-state index in [1.807, 2.05) is 0 Å². The Morgan fingerprint density at radius 2 is 2.19 bits per heavy atom. The standard InChI is InChI=1S/C16H16BrN3O5S/c1-2-24-16(23)20-6-5-8-10(7-20)26-15(12(8)13(18)21)19-14(22)9-3-4-11(17)25-9/h3-4H,2,5-7H2,1H3,(H2,18,21)(H,19,22). The number of primary amides is 1. The molecule has 26 heavy (non-hydrogen) atoms. The smallest absolute Gasteiger partial charge is 0.410 e. The van der Waals surface area contributed by atoms with E-state index >= 15 is 0 Å². The number of hydrogen-bond donors (Lipinski definition) is 2. The molecule has 0 atom stereocenters. The van der Waals surface area contributed by atoms with Gasteiger partial charge in [-0.15, -0.1) is 11.3 Å². The van der Waals surface area contributed by atoms with E-state index in [0.29, 0.717) is 35.8 Å². The number of anilines is 1. The van der Waals surface area contributed by atoms with Crippen molar-refractivity contribution >= 4 is 50.2 Å². The molecule has 138 valence electrons. The van der Waals surface area contributed by atoms with Crippen LogP contribution >= 0.6 is 27.3 Å². The second-order valence-electron chi connectivity index (χ2n) is 5.50. The third-order valence-corrected chi connectivity index (χ3v) is 5.41.